The van der Waals surface area contributed by atoms with Crippen LogP contribution in [-0.2, 0) is 10.3 Å². The van der Waals surface area contributed by atoms with Gasteiger partial charge in [0.15, 0.2) is 4.33 Å². The highest BCUT2D eigenvalue weighted by molar-refractivity contribution is 6.52. The molecule has 0 N–H and O–H groups in total. The maximum Gasteiger partial charge on any atom is 0.154 e. The van der Waals surface area contributed by atoms with E-state index in [0.717, 1.165) is 5.56 Å². The zero-order valence-corrected chi connectivity index (χ0v) is 8.77. The molecule has 1 fully saturated rings. The molecule has 1 aliphatic carbocycles. The zero-order chi connectivity index (χ0) is 9.53. The highest BCUT2D eigenvalue weighted by Crippen LogP contribution is 2.65. The molecule has 3 heteroatoms. The summed E-state index contributed by atoms with van der Waals surface area (Å²) in [5.74, 6) is 0. The molecule has 1 aliphatic rings. The van der Waals surface area contributed by atoms with E-state index in [-0.39, 0.29) is 0 Å². The van der Waals surface area contributed by atoms with Gasteiger partial charge >= 0.3 is 0 Å². The van der Waals surface area contributed by atoms with Gasteiger partial charge in [0.1, 0.15) is 5.60 Å². The van der Waals surface area contributed by atoms with Gasteiger partial charge in [0.05, 0.1) is 0 Å². The average Bonchev–Trinajstić information content (AvgIpc) is 2.72. The number of methoxy groups -OCH3 is 1. The van der Waals surface area contributed by atoms with Crippen LogP contribution in [0.15, 0.2) is 30.3 Å². The minimum atomic E-state index is -0.761. The molecule has 13 heavy (non-hydrogen) atoms. The summed E-state index contributed by atoms with van der Waals surface area (Å²) in [4.78, 5) is 0. The first-order chi connectivity index (χ1) is 6.12. The lowest BCUT2D eigenvalue weighted by Gasteiger charge is -2.16. The molecule has 1 nitrogen and oxygen atoms in total. The molecule has 1 aromatic rings. The molecule has 2 rings (SSSR count). The highest BCUT2D eigenvalue weighted by Gasteiger charge is 2.68. The van der Waals surface area contributed by atoms with E-state index in [1.54, 1.807) is 7.11 Å². The number of rotatable bonds is 2. The minimum absolute atomic E-state index is 0.489. The molecule has 0 amide bonds. The molecule has 1 atom stereocenters. The van der Waals surface area contributed by atoms with Gasteiger partial charge in [0, 0.05) is 13.5 Å². The van der Waals surface area contributed by atoms with Gasteiger partial charge in [-0.15, -0.1) is 0 Å². The number of benzene rings is 1. The third-order valence-corrected chi connectivity index (χ3v) is 3.40. The van der Waals surface area contributed by atoms with Gasteiger partial charge in [0.2, 0.25) is 0 Å². The van der Waals surface area contributed by atoms with Crippen molar-refractivity contribution >= 4 is 23.2 Å². The van der Waals surface area contributed by atoms with Gasteiger partial charge in [0.25, 0.3) is 0 Å². The smallest absolute Gasteiger partial charge is 0.154 e. The van der Waals surface area contributed by atoms with Gasteiger partial charge in [-0.2, -0.15) is 0 Å². The third kappa shape index (κ3) is 1.26. The van der Waals surface area contributed by atoms with Crippen LogP contribution in [0.4, 0.5) is 0 Å². The van der Waals surface area contributed by atoms with E-state index in [4.69, 9.17) is 27.9 Å². The van der Waals surface area contributed by atoms with E-state index in [1.807, 2.05) is 30.3 Å². The maximum atomic E-state index is 6.04. The van der Waals surface area contributed by atoms with Crippen molar-refractivity contribution in [1.82, 2.24) is 0 Å². The van der Waals surface area contributed by atoms with Crippen molar-refractivity contribution in [1.29, 1.82) is 0 Å². The normalized spacial score (nSPS) is 30.1. The fourth-order valence-corrected chi connectivity index (χ4v) is 2.38. The molecule has 0 aromatic heterocycles. The average molecular weight is 217 g/mol. The van der Waals surface area contributed by atoms with Gasteiger partial charge in [-0.25, -0.2) is 0 Å². The van der Waals surface area contributed by atoms with Gasteiger partial charge in [-0.3, -0.25) is 0 Å². The van der Waals surface area contributed by atoms with Gasteiger partial charge in [-0.05, 0) is 5.56 Å². The predicted molar refractivity (Wildman–Crippen MR) is 54.2 cm³/mol. The van der Waals surface area contributed by atoms with E-state index < -0.39 is 9.93 Å². The number of hydrogen-bond acceptors (Lipinski definition) is 1. The second-order valence-electron chi connectivity index (χ2n) is 3.28. The SMILES string of the molecule is CO[C@]1(c2ccccc2)CC1(Cl)Cl. The Morgan fingerprint density at radius 3 is 2.15 bits per heavy atom. The van der Waals surface area contributed by atoms with E-state index in [0.29, 0.717) is 6.42 Å². The first-order valence-corrected chi connectivity index (χ1v) is 4.86. The lowest BCUT2D eigenvalue weighted by molar-refractivity contribution is 0.0763. The summed E-state index contributed by atoms with van der Waals surface area (Å²) >= 11 is 12.1. The topological polar surface area (TPSA) is 9.23 Å². The summed E-state index contributed by atoms with van der Waals surface area (Å²) in [6.07, 6.45) is 0.656. The zero-order valence-electron chi connectivity index (χ0n) is 7.26. The molecule has 1 saturated carbocycles. The van der Waals surface area contributed by atoms with E-state index in [2.05, 4.69) is 0 Å². The van der Waals surface area contributed by atoms with E-state index in [1.165, 1.54) is 0 Å². The Labute approximate surface area is 87.6 Å². The predicted octanol–water partition coefficient (Wildman–Crippen LogP) is 3.11. The van der Waals surface area contributed by atoms with Crippen molar-refractivity contribution in [3.8, 4) is 0 Å². The second-order valence-corrected chi connectivity index (χ2v) is 4.76. The number of hydrogen-bond donors (Lipinski definition) is 0. The van der Waals surface area contributed by atoms with Crippen LogP contribution in [-0.4, -0.2) is 11.4 Å². The number of alkyl halides is 2. The molecule has 0 radical (unpaired) electrons. The van der Waals surface area contributed by atoms with Crippen molar-refractivity contribution in [3.05, 3.63) is 35.9 Å². The molecule has 1 aromatic carbocycles. The van der Waals surface area contributed by atoms with Crippen LogP contribution in [0.3, 0.4) is 0 Å². The summed E-state index contributed by atoms with van der Waals surface area (Å²) in [6.45, 7) is 0. The largest absolute Gasteiger partial charge is 0.370 e. The lowest BCUT2D eigenvalue weighted by atomic mass is 10.1. The first-order valence-electron chi connectivity index (χ1n) is 4.11. The summed E-state index contributed by atoms with van der Waals surface area (Å²) in [7, 11) is 1.64. The summed E-state index contributed by atoms with van der Waals surface area (Å²) in [5.41, 5.74) is 0.555. The Balaban J connectivity index is 2.37. The van der Waals surface area contributed by atoms with Crippen LogP contribution in [0.5, 0.6) is 0 Å². The Hall–Kier alpha value is -0.240. The monoisotopic (exact) mass is 216 g/mol. The summed E-state index contributed by atoms with van der Waals surface area (Å²) < 4.78 is 4.63. The molecule has 0 heterocycles. The van der Waals surface area contributed by atoms with Crippen LogP contribution >= 0.6 is 23.2 Å². The Bertz CT molecular complexity index is 310. The van der Waals surface area contributed by atoms with Crippen LogP contribution in [0, 0.1) is 0 Å². The lowest BCUT2D eigenvalue weighted by Crippen LogP contribution is -2.17. The Morgan fingerprint density at radius 1 is 1.23 bits per heavy atom. The molecule has 0 spiro atoms. The van der Waals surface area contributed by atoms with E-state index in [9.17, 15) is 0 Å². The molecule has 0 saturated heterocycles. The minimum Gasteiger partial charge on any atom is -0.370 e. The first kappa shape index (κ1) is 9.32. The summed E-state index contributed by atoms with van der Waals surface area (Å²) in [5, 5.41) is 0. The second kappa shape index (κ2) is 2.88. The van der Waals surface area contributed by atoms with Crippen molar-refractivity contribution in [3.63, 3.8) is 0 Å². The highest BCUT2D eigenvalue weighted by atomic mass is 35.5. The molecule has 0 unspecified atom stereocenters. The van der Waals surface area contributed by atoms with Gasteiger partial charge in [-0.1, -0.05) is 53.5 Å². The van der Waals surface area contributed by atoms with Crippen molar-refractivity contribution in [2.45, 2.75) is 16.4 Å². The van der Waals surface area contributed by atoms with E-state index >= 15 is 0 Å². The molecule has 70 valence electrons. The molecular weight excluding hydrogens is 207 g/mol. The van der Waals surface area contributed by atoms with Crippen molar-refractivity contribution in [2.24, 2.45) is 0 Å². The molecule has 0 aliphatic heterocycles. The fourth-order valence-electron chi connectivity index (χ4n) is 1.63. The third-order valence-electron chi connectivity index (χ3n) is 2.53. The number of halogens is 2. The van der Waals surface area contributed by atoms with Crippen LogP contribution in [0.2, 0.25) is 0 Å². The van der Waals surface area contributed by atoms with Crippen LogP contribution in [0.25, 0.3) is 0 Å². The van der Waals surface area contributed by atoms with Crippen LogP contribution in [0.1, 0.15) is 12.0 Å². The van der Waals surface area contributed by atoms with Crippen molar-refractivity contribution in [2.75, 3.05) is 7.11 Å². The Morgan fingerprint density at radius 2 is 1.77 bits per heavy atom. The Kier molecular flexibility index (Phi) is 2.06. The molecule has 0 bridgehead atoms. The maximum absolute atomic E-state index is 6.04. The van der Waals surface area contributed by atoms with Gasteiger partial charge < -0.3 is 4.74 Å². The quantitative estimate of drug-likeness (QED) is 0.691. The number of ether oxygens (including phenoxy) is 1. The van der Waals surface area contributed by atoms with Crippen LogP contribution < -0.4 is 0 Å². The fraction of sp³-hybridized carbons (Fsp3) is 0.400. The molecular formula is C10H10Cl2O. The standard InChI is InChI=1S/C10H10Cl2O/c1-13-9(7-10(9,11)12)8-5-3-2-4-6-8/h2-6H,7H2,1H3/t9-/m0/s1. The van der Waals surface area contributed by atoms with Crippen molar-refractivity contribution < 1.29 is 4.74 Å². The summed E-state index contributed by atoms with van der Waals surface area (Å²) in [6, 6.07) is 9.84.